The van der Waals surface area contributed by atoms with Crippen molar-refractivity contribution >= 4 is 23.3 Å². The van der Waals surface area contributed by atoms with E-state index in [9.17, 15) is 14.9 Å². The van der Waals surface area contributed by atoms with Gasteiger partial charge in [0.05, 0.1) is 24.7 Å². The highest BCUT2D eigenvalue weighted by Crippen LogP contribution is 2.41. The highest BCUT2D eigenvalue weighted by Gasteiger charge is 2.38. The quantitative estimate of drug-likeness (QED) is 0.773. The maximum absolute atomic E-state index is 12.5. The molecule has 2 N–H and O–H groups in total. The van der Waals surface area contributed by atoms with E-state index in [1.165, 1.54) is 11.3 Å². The SMILES string of the molecule is CCOC(=O)CC1=C(C(=O)OCC)[C@H](c2ccsc2)C(C#N)=C(N)O1. The first-order chi connectivity index (χ1) is 12.0. The molecule has 0 spiro atoms. The predicted molar refractivity (Wildman–Crippen MR) is 89.9 cm³/mol. The van der Waals surface area contributed by atoms with Crippen LogP contribution in [0.15, 0.2) is 39.6 Å². The summed E-state index contributed by atoms with van der Waals surface area (Å²) < 4.78 is 15.5. The van der Waals surface area contributed by atoms with Gasteiger partial charge in [0, 0.05) is 0 Å². The molecule has 1 aromatic rings. The smallest absolute Gasteiger partial charge is 0.338 e. The Morgan fingerprint density at radius 1 is 1.36 bits per heavy atom. The maximum atomic E-state index is 12.5. The third-order valence-corrected chi connectivity index (χ3v) is 4.18. The average Bonchev–Trinajstić information content (AvgIpc) is 3.08. The number of ether oxygens (including phenoxy) is 3. The van der Waals surface area contributed by atoms with E-state index >= 15 is 0 Å². The van der Waals surface area contributed by atoms with Gasteiger partial charge in [0.25, 0.3) is 0 Å². The molecule has 132 valence electrons. The molecule has 0 amide bonds. The second-order valence-electron chi connectivity index (χ2n) is 5.02. The topological polar surface area (TPSA) is 112 Å². The summed E-state index contributed by atoms with van der Waals surface area (Å²) in [5.74, 6) is -2.04. The first-order valence-electron chi connectivity index (χ1n) is 7.68. The number of carbonyl (C=O) groups excluding carboxylic acids is 2. The van der Waals surface area contributed by atoms with Crippen LogP contribution in [-0.2, 0) is 23.8 Å². The van der Waals surface area contributed by atoms with Crippen LogP contribution in [0.3, 0.4) is 0 Å². The van der Waals surface area contributed by atoms with Crippen LogP contribution in [0.2, 0.25) is 0 Å². The molecular formula is C17H18N2O5S. The van der Waals surface area contributed by atoms with E-state index in [1.54, 1.807) is 19.9 Å². The highest BCUT2D eigenvalue weighted by molar-refractivity contribution is 7.08. The normalized spacial score (nSPS) is 16.9. The molecule has 0 bridgehead atoms. The lowest BCUT2D eigenvalue weighted by atomic mass is 9.84. The molecule has 0 aromatic carbocycles. The van der Waals surface area contributed by atoms with Crippen molar-refractivity contribution in [1.29, 1.82) is 5.26 Å². The van der Waals surface area contributed by atoms with Gasteiger partial charge in [-0.3, -0.25) is 4.79 Å². The van der Waals surface area contributed by atoms with Crippen LogP contribution in [0.25, 0.3) is 0 Å². The minimum absolute atomic E-state index is 0.0459. The van der Waals surface area contributed by atoms with Crippen LogP contribution < -0.4 is 5.73 Å². The number of esters is 2. The van der Waals surface area contributed by atoms with Gasteiger partial charge in [-0.25, -0.2) is 4.79 Å². The van der Waals surface area contributed by atoms with Crippen molar-refractivity contribution in [3.63, 3.8) is 0 Å². The number of thiophene rings is 1. The predicted octanol–water partition coefficient (Wildman–Crippen LogP) is 2.33. The summed E-state index contributed by atoms with van der Waals surface area (Å²) in [4.78, 5) is 24.4. The van der Waals surface area contributed by atoms with E-state index < -0.39 is 17.9 Å². The maximum Gasteiger partial charge on any atom is 0.338 e. The van der Waals surface area contributed by atoms with Gasteiger partial charge in [-0.15, -0.1) is 0 Å². The van der Waals surface area contributed by atoms with Crippen LogP contribution in [0, 0.1) is 11.3 Å². The lowest BCUT2D eigenvalue weighted by Gasteiger charge is -2.27. The molecule has 7 nitrogen and oxygen atoms in total. The molecule has 25 heavy (non-hydrogen) atoms. The van der Waals surface area contributed by atoms with Crippen LogP contribution in [0.4, 0.5) is 0 Å². The number of rotatable bonds is 6. The van der Waals surface area contributed by atoms with E-state index in [2.05, 4.69) is 0 Å². The number of nitrogens with zero attached hydrogens (tertiary/aromatic N) is 1. The Bertz CT molecular complexity index is 759. The largest absolute Gasteiger partial charge is 0.466 e. The zero-order chi connectivity index (χ0) is 18.4. The highest BCUT2D eigenvalue weighted by atomic mass is 32.1. The standard InChI is InChI=1S/C17H18N2O5S/c1-3-22-13(20)7-12-15(17(21)23-4-2)14(10-5-6-25-9-10)11(8-18)16(19)24-12/h5-6,9,14H,3-4,7,19H2,1-2H3/t14-/m1/s1. The van der Waals surface area contributed by atoms with Crippen molar-refractivity contribution in [2.75, 3.05) is 13.2 Å². The molecule has 0 aliphatic carbocycles. The zero-order valence-corrected chi connectivity index (χ0v) is 14.7. The van der Waals surface area contributed by atoms with Crippen LogP contribution in [-0.4, -0.2) is 25.2 Å². The Labute approximate surface area is 149 Å². The number of carbonyl (C=O) groups is 2. The summed E-state index contributed by atoms with van der Waals surface area (Å²) in [6.07, 6.45) is -0.276. The molecule has 1 aliphatic heterocycles. The van der Waals surface area contributed by atoms with E-state index in [4.69, 9.17) is 19.9 Å². The van der Waals surface area contributed by atoms with Crippen LogP contribution in [0.1, 0.15) is 31.7 Å². The molecule has 1 atom stereocenters. The molecule has 0 radical (unpaired) electrons. The molecule has 0 fully saturated rings. The van der Waals surface area contributed by atoms with Gasteiger partial charge >= 0.3 is 11.9 Å². The van der Waals surface area contributed by atoms with Gasteiger partial charge in [-0.2, -0.15) is 16.6 Å². The van der Waals surface area contributed by atoms with E-state index in [0.29, 0.717) is 5.56 Å². The van der Waals surface area contributed by atoms with Gasteiger partial charge in [-0.05, 0) is 36.2 Å². The lowest BCUT2D eigenvalue weighted by Crippen LogP contribution is -2.27. The second kappa shape index (κ2) is 8.35. The molecule has 0 saturated heterocycles. The first kappa shape index (κ1) is 18.5. The summed E-state index contributed by atoms with van der Waals surface area (Å²) in [6, 6.07) is 3.78. The fourth-order valence-electron chi connectivity index (χ4n) is 2.50. The number of nitriles is 1. The molecule has 2 rings (SSSR count). The van der Waals surface area contributed by atoms with Crippen molar-refractivity contribution in [3.05, 3.63) is 45.2 Å². The Morgan fingerprint density at radius 2 is 2.08 bits per heavy atom. The minimum atomic E-state index is -0.742. The van der Waals surface area contributed by atoms with Crippen molar-refractivity contribution < 1.29 is 23.8 Å². The van der Waals surface area contributed by atoms with Gasteiger partial charge in [-0.1, -0.05) is 0 Å². The summed E-state index contributed by atoms with van der Waals surface area (Å²) in [5.41, 5.74) is 6.77. The third kappa shape index (κ3) is 4.00. The van der Waals surface area contributed by atoms with Gasteiger partial charge in [0.1, 0.15) is 23.8 Å². The molecule has 0 unspecified atom stereocenters. The minimum Gasteiger partial charge on any atom is -0.466 e. The second-order valence-corrected chi connectivity index (χ2v) is 5.80. The number of hydrogen-bond acceptors (Lipinski definition) is 8. The van der Waals surface area contributed by atoms with E-state index in [0.717, 1.165) is 0 Å². The third-order valence-electron chi connectivity index (χ3n) is 3.48. The summed E-state index contributed by atoms with van der Waals surface area (Å²) >= 11 is 1.42. The zero-order valence-electron chi connectivity index (χ0n) is 13.9. The Balaban J connectivity index is 2.56. The number of allylic oxidation sites excluding steroid dienone is 1. The Morgan fingerprint density at radius 3 is 2.64 bits per heavy atom. The lowest BCUT2D eigenvalue weighted by molar-refractivity contribution is -0.143. The monoisotopic (exact) mass is 362 g/mol. The van der Waals surface area contributed by atoms with Crippen molar-refractivity contribution in [2.45, 2.75) is 26.2 Å². The average molecular weight is 362 g/mol. The van der Waals surface area contributed by atoms with Gasteiger partial charge in [0.2, 0.25) is 5.88 Å². The summed E-state index contributed by atoms with van der Waals surface area (Å²) in [7, 11) is 0. The van der Waals surface area contributed by atoms with Crippen molar-refractivity contribution in [2.24, 2.45) is 5.73 Å². The molecule has 2 heterocycles. The molecule has 8 heteroatoms. The van der Waals surface area contributed by atoms with E-state index in [1.807, 2.05) is 16.8 Å². The van der Waals surface area contributed by atoms with Crippen LogP contribution >= 0.6 is 11.3 Å². The fourth-order valence-corrected chi connectivity index (χ4v) is 3.18. The summed E-state index contributed by atoms with van der Waals surface area (Å²) in [6.45, 7) is 3.69. The van der Waals surface area contributed by atoms with E-state index in [-0.39, 0.29) is 42.4 Å². The Kier molecular flexibility index (Phi) is 6.19. The van der Waals surface area contributed by atoms with Crippen molar-refractivity contribution in [3.8, 4) is 6.07 Å². The number of hydrogen-bond donors (Lipinski definition) is 1. The van der Waals surface area contributed by atoms with Crippen LogP contribution in [0.5, 0.6) is 0 Å². The molecule has 0 saturated carbocycles. The van der Waals surface area contributed by atoms with Gasteiger partial charge in [0.15, 0.2) is 0 Å². The summed E-state index contributed by atoms with van der Waals surface area (Å²) in [5, 5.41) is 13.1. The molecule has 1 aromatic heterocycles. The fraction of sp³-hybridized carbons (Fsp3) is 0.353. The van der Waals surface area contributed by atoms with Crippen molar-refractivity contribution in [1.82, 2.24) is 0 Å². The first-order valence-corrected chi connectivity index (χ1v) is 8.63. The Hall–Kier alpha value is -2.79. The van der Waals surface area contributed by atoms with Gasteiger partial charge < -0.3 is 19.9 Å². The molecule has 1 aliphatic rings. The molecular weight excluding hydrogens is 344 g/mol. The number of nitrogens with two attached hydrogens (primary N) is 1.